The zero-order valence-electron chi connectivity index (χ0n) is 19.0. The average Bonchev–Trinajstić information content (AvgIpc) is 2.99. The Morgan fingerprint density at radius 1 is 1.21 bits per heavy atom. The molecule has 1 heterocycles. The molecule has 0 bridgehead atoms. The Balaban J connectivity index is 1.53. The number of ether oxygens (including phenoxy) is 1. The molecule has 8 nitrogen and oxygen atoms in total. The number of hydrogen-bond acceptors (Lipinski definition) is 5. The first kappa shape index (κ1) is 25.3. The van der Waals surface area contributed by atoms with Crippen LogP contribution in [0.3, 0.4) is 0 Å². The number of anilines is 1. The summed E-state index contributed by atoms with van der Waals surface area (Å²) in [6.45, 7) is 5.44. The average molecular weight is 498 g/mol. The quantitative estimate of drug-likeness (QED) is 0.429. The molecule has 1 spiro atoms. The molecule has 33 heavy (non-hydrogen) atoms. The topological polar surface area (TPSA) is 105 Å². The highest BCUT2D eigenvalue weighted by Gasteiger charge is 2.53. The molecule has 10 heteroatoms. The molecule has 180 valence electrons. The zero-order valence-corrected chi connectivity index (χ0v) is 20.5. The number of rotatable bonds is 7. The summed E-state index contributed by atoms with van der Waals surface area (Å²) >= 11 is 12.0. The molecule has 2 aliphatic rings. The minimum Gasteiger partial charge on any atom is -0.454 e. The van der Waals surface area contributed by atoms with Gasteiger partial charge in [0, 0.05) is 0 Å². The second-order valence-corrected chi connectivity index (χ2v) is 10.1. The van der Waals surface area contributed by atoms with Crippen LogP contribution in [0.15, 0.2) is 18.2 Å². The summed E-state index contributed by atoms with van der Waals surface area (Å²) < 4.78 is 4.96. The molecule has 1 aliphatic carbocycles. The van der Waals surface area contributed by atoms with Crippen molar-refractivity contribution in [2.75, 3.05) is 18.5 Å². The van der Waals surface area contributed by atoms with Crippen molar-refractivity contribution in [2.24, 2.45) is 11.3 Å². The Bertz CT molecular complexity index is 937. The van der Waals surface area contributed by atoms with E-state index in [9.17, 15) is 19.2 Å². The number of halogens is 2. The number of nitrogens with zero attached hydrogens (tertiary/aromatic N) is 1. The summed E-state index contributed by atoms with van der Waals surface area (Å²) in [5.41, 5.74) is -0.582. The molecule has 1 saturated carbocycles. The Morgan fingerprint density at radius 2 is 1.82 bits per heavy atom. The highest BCUT2D eigenvalue weighted by molar-refractivity contribution is 6.39. The lowest BCUT2D eigenvalue weighted by Crippen LogP contribution is -2.51. The number of carbonyl (C=O) groups is 4. The first-order valence-electron chi connectivity index (χ1n) is 11.0. The summed E-state index contributed by atoms with van der Waals surface area (Å²) in [6, 6.07) is 4.12. The van der Waals surface area contributed by atoms with Gasteiger partial charge < -0.3 is 15.4 Å². The van der Waals surface area contributed by atoms with E-state index in [1.165, 1.54) is 0 Å². The smallest absolute Gasteiger partial charge is 0.326 e. The maximum Gasteiger partial charge on any atom is 0.326 e. The normalized spacial score (nSPS) is 22.9. The number of imide groups is 1. The van der Waals surface area contributed by atoms with Crippen molar-refractivity contribution in [1.82, 2.24) is 10.2 Å². The molecule has 2 N–H and O–H groups in total. The Hall–Kier alpha value is -2.32. The van der Waals surface area contributed by atoms with Crippen LogP contribution in [-0.2, 0) is 19.1 Å². The fourth-order valence-electron chi connectivity index (χ4n) is 4.45. The molecule has 0 radical (unpaired) electrons. The highest BCUT2D eigenvalue weighted by Crippen LogP contribution is 2.45. The predicted molar refractivity (Wildman–Crippen MR) is 125 cm³/mol. The van der Waals surface area contributed by atoms with E-state index < -0.39 is 42.5 Å². The third-order valence-electron chi connectivity index (χ3n) is 6.98. The van der Waals surface area contributed by atoms with Gasteiger partial charge in [0.2, 0.25) is 0 Å². The first-order valence-corrected chi connectivity index (χ1v) is 11.8. The third kappa shape index (κ3) is 5.44. The summed E-state index contributed by atoms with van der Waals surface area (Å²) in [7, 11) is 0. The molecule has 1 aliphatic heterocycles. The second kappa shape index (κ2) is 9.89. The van der Waals surface area contributed by atoms with E-state index in [1.807, 2.05) is 0 Å². The lowest BCUT2D eigenvalue weighted by atomic mass is 9.65. The minimum atomic E-state index is -0.962. The van der Waals surface area contributed by atoms with Gasteiger partial charge in [0.25, 0.3) is 11.8 Å². The largest absolute Gasteiger partial charge is 0.454 e. The number of esters is 1. The zero-order chi connectivity index (χ0) is 24.4. The number of benzene rings is 1. The van der Waals surface area contributed by atoms with Crippen LogP contribution in [0.25, 0.3) is 0 Å². The molecule has 0 atom stereocenters. The first-order chi connectivity index (χ1) is 15.5. The van der Waals surface area contributed by atoms with E-state index in [4.69, 9.17) is 27.9 Å². The van der Waals surface area contributed by atoms with Crippen LogP contribution in [0.2, 0.25) is 10.0 Å². The van der Waals surface area contributed by atoms with Crippen molar-refractivity contribution in [3.8, 4) is 0 Å². The number of amides is 4. The van der Waals surface area contributed by atoms with Crippen LogP contribution in [0.1, 0.15) is 52.9 Å². The summed E-state index contributed by atoms with van der Waals surface area (Å²) in [5.74, 6) is -1.45. The van der Waals surface area contributed by atoms with E-state index in [2.05, 4.69) is 31.4 Å². The minimum absolute atomic E-state index is 0.172. The fraction of sp³-hybridized carbons (Fsp3) is 0.565. The van der Waals surface area contributed by atoms with Crippen molar-refractivity contribution in [3.63, 3.8) is 0 Å². The molecule has 3 rings (SSSR count). The molecule has 1 aromatic rings. The predicted octanol–water partition coefficient (Wildman–Crippen LogP) is 4.39. The SMILES string of the molecule is CCC(C)(C)C1CCC2(CC1)NC(=O)N(CC(=O)OCC(=O)Nc1c(Cl)cccc1Cl)C2=O. The summed E-state index contributed by atoms with van der Waals surface area (Å²) in [4.78, 5) is 50.7. The number of nitrogens with one attached hydrogen (secondary N) is 2. The van der Waals surface area contributed by atoms with Gasteiger partial charge in [-0.25, -0.2) is 4.79 Å². The van der Waals surface area contributed by atoms with E-state index in [0.717, 1.165) is 24.2 Å². The monoisotopic (exact) mass is 497 g/mol. The molecule has 1 saturated heterocycles. The summed E-state index contributed by atoms with van der Waals surface area (Å²) in [6.07, 6.45) is 3.78. The van der Waals surface area contributed by atoms with Crippen molar-refractivity contribution in [1.29, 1.82) is 0 Å². The van der Waals surface area contributed by atoms with Gasteiger partial charge in [-0.15, -0.1) is 0 Å². The van der Waals surface area contributed by atoms with E-state index in [1.54, 1.807) is 18.2 Å². The fourth-order valence-corrected chi connectivity index (χ4v) is 4.94. The maximum absolute atomic E-state index is 13.0. The van der Waals surface area contributed by atoms with E-state index in [-0.39, 0.29) is 21.1 Å². The lowest BCUT2D eigenvalue weighted by Gasteiger charge is -2.42. The Labute approximate surface area is 203 Å². The molecule has 0 aromatic heterocycles. The summed E-state index contributed by atoms with van der Waals surface area (Å²) in [5, 5.41) is 5.75. The van der Waals surface area contributed by atoms with Crippen LogP contribution in [0.5, 0.6) is 0 Å². The molecule has 1 aromatic carbocycles. The van der Waals surface area contributed by atoms with Gasteiger partial charge >= 0.3 is 12.0 Å². The van der Waals surface area contributed by atoms with Gasteiger partial charge in [0.15, 0.2) is 6.61 Å². The maximum atomic E-state index is 13.0. The number of carbonyl (C=O) groups excluding carboxylic acids is 4. The number of para-hydroxylation sites is 1. The van der Waals surface area contributed by atoms with Gasteiger partial charge in [-0.2, -0.15) is 0 Å². The molecular formula is C23H29Cl2N3O5. The van der Waals surface area contributed by atoms with Crippen LogP contribution < -0.4 is 10.6 Å². The second-order valence-electron chi connectivity index (χ2n) is 9.33. The standard InChI is InChI=1S/C23H29Cl2N3O5/c1-4-22(2,3)14-8-10-23(11-9-14)20(31)28(21(32)27-23)12-18(30)33-13-17(29)26-19-15(24)6-5-7-16(19)25/h5-7,14H,4,8-13H2,1-3H3,(H,26,29)(H,27,32). The van der Waals surface area contributed by atoms with Crippen LogP contribution in [0.4, 0.5) is 10.5 Å². The van der Waals surface area contributed by atoms with Gasteiger partial charge in [-0.05, 0) is 49.1 Å². The molecular weight excluding hydrogens is 469 g/mol. The molecule has 2 fully saturated rings. The van der Waals surface area contributed by atoms with Crippen molar-refractivity contribution in [2.45, 2.75) is 58.4 Å². The van der Waals surface area contributed by atoms with E-state index in [0.29, 0.717) is 18.8 Å². The molecule has 4 amide bonds. The van der Waals surface area contributed by atoms with Gasteiger partial charge in [-0.3, -0.25) is 19.3 Å². The van der Waals surface area contributed by atoms with Crippen LogP contribution in [0, 0.1) is 11.3 Å². The van der Waals surface area contributed by atoms with Crippen molar-refractivity contribution >= 4 is 52.7 Å². The molecule has 0 unspecified atom stereocenters. The number of urea groups is 1. The van der Waals surface area contributed by atoms with Crippen molar-refractivity contribution in [3.05, 3.63) is 28.2 Å². The Morgan fingerprint density at radius 3 is 2.39 bits per heavy atom. The van der Waals surface area contributed by atoms with E-state index >= 15 is 0 Å². The number of hydrogen-bond donors (Lipinski definition) is 2. The lowest BCUT2D eigenvalue weighted by molar-refractivity contribution is -0.150. The van der Waals surface area contributed by atoms with Crippen molar-refractivity contribution < 1.29 is 23.9 Å². The van der Waals surface area contributed by atoms with Gasteiger partial charge in [0.1, 0.15) is 12.1 Å². The van der Waals surface area contributed by atoms with Crippen LogP contribution >= 0.6 is 23.2 Å². The third-order valence-corrected chi connectivity index (χ3v) is 7.61. The van der Waals surface area contributed by atoms with Gasteiger partial charge in [0.05, 0.1) is 15.7 Å². The highest BCUT2D eigenvalue weighted by atomic mass is 35.5. The van der Waals surface area contributed by atoms with Gasteiger partial charge in [-0.1, -0.05) is 56.5 Å². The Kier molecular flexibility index (Phi) is 7.59. The van der Waals surface area contributed by atoms with Crippen LogP contribution in [-0.4, -0.2) is 47.4 Å².